The van der Waals surface area contributed by atoms with Gasteiger partial charge in [0.15, 0.2) is 16.7 Å². The monoisotopic (exact) mass is 512 g/mol. The van der Waals surface area contributed by atoms with Gasteiger partial charge < -0.3 is 14.8 Å². The first-order valence-corrected chi connectivity index (χ1v) is 12.2. The van der Waals surface area contributed by atoms with Crippen LogP contribution >= 0.6 is 35.0 Å². The summed E-state index contributed by atoms with van der Waals surface area (Å²) in [6.07, 6.45) is 1.80. The minimum atomic E-state index is -0.208. The van der Waals surface area contributed by atoms with E-state index in [1.165, 1.54) is 11.8 Å². The van der Waals surface area contributed by atoms with Crippen molar-refractivity contribution in [3.05, 3.63) is 92.3 Å². The molecule has 4 rings (SSSR count). The molecule has 0 unspecified atom stereocenters. The van der Waals surface area contributed by atoms with Crippen molar-refractivity contribution < 1.29 is 14.3 Å². The lowest BCUT2D eigenvalue weighted by Gasteiger charge is -2.13. The van der Waals surface area contributed by atoms with Gasteiger partial charge in [-0.15, -0.1) is 0 Å². The predicted molar refractivity (Wildman–Crippen MR) is 140 cm³/mol. The molecule has 3 aromatic rings. The van der Waals surface area contributed by atoms with E-state index < -0.39 is 0 Å². The number of nitrogens with one attached hydrogen (secondary N) is 1. The molecule has 0 atom stereocenters. The Morgan fingerprint density at radius 1 is 1.00 bits per heavy atom. The summed E-state index contributed by atoms with van der Waals surface area (Å²) < 4.78 is 11.7. The molecule has 0 aromatic heterocycles. The van der Waals surface area contributed by atoms with Gasteiger partial charge in [0.2, 0.25) is 0 Å². The van der Waals surface area contributed by atoms with Gasteiger partial charge in [0.25, 0.3) is 5.91 Å². The SMILES string of the molecule is CCOc1cc(/C=C2/SC(=Nc3cccc(Cl)c3C)NC2=O)ccc1OCc1ccccc1Cl. The van der Waals surface area contributed by atoms with Gasteiger partial charge >= 0.3 is 0 Å². The molecule has 0 spiro atoms. The second kappa shape index (κ2) is 11.0. The molecule has 0 aliphatic carbocycles. The summed E-state index contributed by atoms with van der Waals surface area (Å²) >= 11 is 13.7. The number of carbonyl (C=O) groups excluding carboxylic acids is 1. The highest BCUT2D eigenvalue weighted by molar-refractivity contribution is 8.18. The Morgan fingerprint density at radius 3 is 2.59 bits per heavy atom. The zero-order valence-electron chi connectivity index (χ0n) is 18.6. The number of nitrogens with zero attached hydrogens (tertiary/aromatic N) is 1. The molecule has 1 fully saturated rings. The fourth-order valence-corrected chi connectivity index (χ4v) is 4.43. The number of rotatable bonds is 7. The van der Waals surface area contributed by atoms with Crippen LogP contribution in [-0.4, -0.2) is 17.7 Å². The molecule has 1 heterocycles. The highest BCUT2D eigenvalue weighted by atomic mass is 35.5. The largest absolute Gasteiger partial charge is 0.490 e. The number of aliphatic imine (C=N–C) groups is 1. The van der Waals surface area contributed by atoms with E-state index in [0.717, 1.165) is 22.4 Å². The topological polar surface area (TPSA) is 59.9 Å². The van der Waals surface area contributed by atoms with Crippen molar-refractivity contribution in [3.63, 3.8) is 0 Å². The molecule has 174 valence electrons. The van der Waals surface area contributed by atoms with Gasteiger partial charge in [-0.2, -0.15) is 0 Å². The molecular formula is C26H22Cl2N2O3S. The summed E-state index contributed by atoms with van der Waals surface area (Å²) in [5, 5.41) is 4.60. The van der Waals surface area contributed by atoms with Gasteiger partial charge in [0.1, 0.15) is 6.61 Å². The molecule has 0 radical (unpaired) electrons. The average Bonchev–Trinajstić information content (AvgIpc) is 3.16. The van der Waals surface area contributed by atoms with Crippen molar-refractivity contribution in [2.24, 2.45) is 4.99 Å². The molecule has 34 heavy (non-hydrogen) atoms. The molecule has 1 amide bonds. The number of thioether (sulfide) groups is 1. The summed E-state index contributed by atoms with van der Waals surface area (Å²) in [7, 11) is 0. The maximum absolute atomic E-state index is 12.5. The van der Waals surface area contributed by atoms with E-state index >= 15 is 0 Å². The molecule has 1 aliphatic heterocycles. The van der Waals surface area contributed by atoms with Crippen molar-refractivity contribution in [1.82, 2.24) is 5.32 Å². The lowest BCUT2D eigenvalue weighted by Crippen LogP contribution is -2.19. The van der Waals surface area contributed by atoms with Gasteiger partial charge in [-0.3, -0.25) is 4.79 Å². The fourth-order valence-electron chi connectivity index (χ4n) is 3.23. The van der Waals surface area contributed by atoms with Gasteiger partial charge in [-0.1, -0.05) is 53.5 Å². The van der Waals surface area contributed by atoms with Crippen LogP contribution in [0.15, 0.2) is 70.6 Å². The Labute approximate surface area is 212 Å². The first-order valence-electron chi connectivity index (χ1n) is 10.6. The van der Waals surface area contributed by atoms with E-state index in [0.29, 0.717) is 44.8 Å². The van der Waals surface area contributed by atoms with Gasteiger partial charge in [0.05, 0.1) is 17.2 Å². The lowest BCUT2D eigenvalue weighted by molar-refractivity contribution is -0.115. The predicted octanol–water partition coefficient (Wildman–Crippen LogP) is 7.17. The van der Waals surface area contributed by atoms with Crippen molar-refractivity contribution in [3.8, 4) is 11.5 Å². The quantitative estimate of drug-likeness (QED) is 0.340. The average molecular weight is 513 g/mol. The molecule has 1 N–H and O–H groups in total. The number of amidine groups is 1. The molecule has 1 aliphatic rings. The first kappa shape index (κ1) is 24.2. The summed E-state index contributed by atoms with van der Waals surface area (Å²) in [4.78, 5) is 17.6. The summed E-state index contributed by atoms with van der Waals surface area (Å²) in [6, 6.07) is 18.6. The second-order valence-corrected chi connectivity index (χ2v) is 9.23. The minimum Gasteiger partial charge on any atom is -0.490 e. The zero-order chi connectivity index (χ0) is 24.1. The third-order valence-corrected chi connectivity index (χ3v) is 6.71. The first-order chi connectivity index (χ1) is 16.4. The van der Waals surface area contributed by atoms with E-state index in [4.69, 9.17) is 32.7 Å². The Morgan fingerprint density at radius 2 is 1.79 bits per heavy atom. The molecule has 3 aromatic carbocycles. The van der Waals surface area contributed by atoms with E-state index in [9.17, 15) is 4.79 Å². The standard InChI is InChI=1S/C26H22Cl2N2O3S/c1-3-32-23-13-17(11-12-22(23)33-15-18-7-4-5-8-20(18)28)14-24-25(31)30-26(34-24)29-21-10-6-9-19(27)16(21)2/h4-14H,3,15H2,1-2H3,(H,29,30,31)/b24-14+. The number of hydrogen-bond acceptors (Lipinski definition) is 5. The third kappa shape index (κ3) is 5.76. The van der Waals surface area contributed by atoms with Crippen LogP contribution in [0.25, 0.3) is 6.08 Å². The third-order valence-electron chi connectivity index (χ3n) is 5.02. The molecule has 5 nitrogen and oxygen atoms in total. The van der Waals surface area contributed by atoms with Crippen LogP contribution in [-0.2, 0) is 11.4 Å². The Balaban J connectivity index is 1.53. The van der Waals surface area contributed by atoms with Crippen LogP contribution in [0.3, 0.4) is 0 Å². The number of halogens is 2. The van der Waals surface area contributed by atoms with E-state index in [1.54, 1.807) is 6.08 Å². The Bertz CT molecular complexity index is 1290. The van der Waals surface area contributed by atoms with Crippen LogP contribution in [0, 0.1) is 6.92 Å². The fraction of sp³-hybridized carbons (Fsp3) is 0.154. The molecule has 0 saturated carbocycles. The molecule has 8 heteroatoms. The van der Waals surface area contributed by atoms with Crippen molar-refractivity contribution in [2.45, 2.75) is 20.5 Å². The van der Waals surface area contributed by atoms with E-state index in [1.807, 2.05) is 74.5 Å². The van der Waals surface area contributed by atoms with Gasteiger partial charge in [0, 0.05) is 15.6 Å². The van der Waals surface area contributed by atoms with Crippen molar-refractivity contribution >= 4 is 57.8 Å². The second-order valence-electron chi connectivity index (χ2n) is 7.38. The minimum absolute atomic E-state index is 0.208. The van der Waals surface area contributed by atoms with Crippen LogP contribution in [0.4, 0.5) is 5.69 Å². The maximum Gasteiger partial charge on any atom is 0.264 e. The molecule has 1 saturated heterocycles. The lowest BCUT2D eigenvalue weighted by atomic mass is 10.2. The van der Waals surface area contributed by atoms with Crippen LogP contribution in [0.2, 0.25) is 10.0 Å². The maximum atomic E-state index is 12.5. The number of ether oxygens (including phenoxy) is 2. The van der Waals surface area contributed by atoms with Crippen LogP contribution < -0.4 is 14.8 Å². The van der Waals surface area contributed by atoms with Crippen LogP contribution in [0.5, 0.6) is 11.5 Å². The normalized spacial score (nSPS) is 15.6. The van der Waals surface area contributed by atoms with Gasteiger partial charge in [-0.25, -0.2) is 4.99 Å². The van der Waals surface area contributed by atoms with Gasteiger partial charge in [-0.05, 0) is 73.1 Å². The smallest absolute Gasteiger partial charge is 0.264 e. The Kier molecular flexibility index (Phi) is 7.83. The number of benzene rings is 3. The van der Waals surface area contributed by atoms with E-state index in [-0.39, 0.29) is 5.91 Å². The highest BCUT2D eigenvalue weighted by Gasteiger charge is 2.24. The zero-order valence-corrected chi connectivity index (χ0v) is 20.9. The van der Waals surface area contributed by atoms with E-state index in [2.05, 4.69) is 10.3 Å². The number of hydrogen-bond donors (Lipinski definition) is 1. The summed E-state index contributed by atoms with van der Waals surface area (Å²) in [6.45, 7) is 4.60. The molecule has 0 bridgehead atoms. The summed E-state index contributed by atoms with van der Waals surface area (Å²) in [5.74, 6) is 0.988. The van der Waals surface area contributed by atoms with Crippen LogP contribution in [0.1, 0.15) is 23.6 Å². The van der Waals surface area contributed by atoms with Crippen molar-refractivity contribution in [1.29, 1.82) is 0 Å². The van der Waals surface area contributed by atoms with Crippen molar-refractivity contribution in [2.75, 3.05) is 6.61 Å². The Hall–Kier alpha value is -2.93. The number of amides is 1. The molecular weight excluding hydrogens is 491 g/mol. The highest BCUT2D eigenvalue weighted by Crippen LogP contribution is 2.34. The number of carbonyl (C=O) groups is 1. The summed E-state index contributed by atoms with van der Waals surface area (Å²) in [5.41, 5.74) is 3.28.